The van der Waals surface area contributed by atoms with Crippen molar-refractivity contribution in [3.63, 3.8) is 0 Å². The van der Waals surface area contributed by atoms with Crippen molar-refractivity contribution in [2.45, 2.75) is 51.0 Å². The summed E-state index contributed by atoms with van der Waals surface area (Å²) in [7, 11) is 0. The van der Waals surface area contributed by atoms with Crippen LogP contribution in [0, 0.1) is 0 Å². The molecule has 1 aliphatic heterocycles. The molecule has 2 aromatic rings. The van der Waals surface area contributed by atoms with E-state index in [4.69, 9.17) is 0 Å². The number of rotatable bonds is 5. The van der Waals surface area contributed by atoms with Crippen LogP contribution in [0.3, 0.4) is 0 Å². The van der Waals surface area contributed by atoms with Gasteiger partial charge in [0, 0.05) is 36.7 Å². The number of nitrogens with one attached hydrogen (secondary N) is 2. The highest BCUT2D eigenvalue weighted by Gasteiger charge is 2.15. The Bertz CT molecular complexity index is 673. The molecule has 1 aromatic carbocycles. The first kappa shape index (κ1) is 16.2. The number of nitrogens with zero attached hydrogens (tertiary/aromatic N) is 3. The zero-order valence-corrected chi connectivity index (χ0v) is 14.7. The van der Waals surface area contributed by atoms with Crippen LogP contribution in [0.15, 0.2) is 36.5 Å². The topological polar surface area (TPSA) is 53.1 Å². The average molecular weight is 337 g/mol. The van der Waals surface area contributed by atoms with Gasteiger partial charge in [0.2, 0.25) is 5.95 Å². The molecule has 2 heterocycles. The molecule has 1 aliphatic carbocycles. The van der Waals surface area contributed by atoms with Crippen molar-refractivity contribution >= 4 is 23.1 Å². The molecule has 25 heavy (non-hydrogen) atoms. The molecule has 1 saturated heterocycles. The van der Waals surface area contributed by atoms with E-state index in [0.29, 0.717) is 6.04 Å². The molecule has 2 N–H and O–H groups in total. The molecule has 1 saturated carbocycles. The van der Waals surface area contributed by atoms with Gasteiger partial charge in [-0.2, -0.15) is 4.98 Å². The second kappa shape index (κ2) is 7.72. The fourth-order valence-corrected chi connectivity index (χ4v) is 3.81. The smallest absolute Gasteiger partial charge is 0.224 e. The zero-order valence-electron chi connectivity index (χ0n) is 14.7. The monoisotopic (exact) mass is 337 g/mol. The van der Waals surface area contributed by atoms with Gasteiger partial charge in [-0.15, -0.1) is 0 Å². The molecule has 0 radical (unpaired) electrons. The first-order valence-electron chi connectivity index (χ1n) is 9.58. The molecule has 0 unspecified atom stereocenters. The van der Waals surface area contributed by atoms with E-state index in [1.807, 2.05) is 12.3 Å². The van der Waals surface area contributed by atoms with Crippen molar-refractivity contribution in [2.75, 3.05) is 28.6 Å². The largest absolute Gasteiger partial charge is 0.372 e. The van der Waals surface area contributed by atoms with Crippen molar-refractivity contribution in [3.8, 4) is 0 Å². The number of benzene rings is 1. The number of piperidine rings is 1. The highest BCUT2D eigenvalue weighted by molar-refractivity contribution is 5.61. The Labute approximate surface area is 149 Å². The summed E-state index contributed by atoms with van der Waals surface area (Å²) in [5.74, 6) is 1.56. The summed E-state index contributed by atoms with van der Waals surface area (Å²) in [5.41, 5.74) is 2.38. The predicted molar refractivity (Wildman–Crippen MR) is 104 cm³/mol. The summed E-state index contributed by atoms with van der Waals surface area (Å²) in [6.45, 7) is 2.35. The number of anilines is 4. The zero-order chi connectivity index (χ0) is 16.9. The Morgan fingerprint density at radius 2 is 1.64 bits per heavy atom. The SMILES string of the molecule is c1cc(Nc2ccc(N3CCCCC3)cc2)nc(NC2CCCC2)n1. The quantitative estimate of drug-likeness (QED) is 0.837. The van der Waals surface area contributed by atoms with Gasteiger partial charge in [0.15, 0.2) is 0 Å². The fourth-order valence-electron chi connectivity index (χ4n) is 3.81. The van der Waals surface area contributed by atoms with Crippen LogP contribution in [0.2, 0.25) is 0 Å². The highest BCUT2D eigenvalue weighted by atomic mass is 15.2. The van der Waals surface area contributed by atoms with E-state index in [0.717, 1.165) is 17.5 Å². The molecule has 5 heteroatoms. The van der Waals surface area contributed by atoms with Crippen molar-refractivity contribution in [1.29, 1.82) is 0 Å². The Morgan fingerprint density at radius 1 is 0.880 bits per heavy atom. The molecule has 132 valence electrons. The normalized spacial score (nSPS) is 18.3. The lowest BCUT2D eigenvalue weighted by atomic mass is 10.1. The summed E-state index contributed by atoms with van der Waals surface area (Å²) in [6, 6.07) is 11.1. The summed E-state index contributed by atoms with van der Waals surface area (Å²) in [4.78, 5) is 11.4. The minimum Gasteiger partial charge on any atom is -0.372 e. The van der Waals surface area contributed by atoms with Crippen LogP contribution in [0.4, 0.5) is 23.1 Å². The molecule has 4 rings (SSSR count). The highest BCUT2D eigenvalue weighted by Crippen LogP contribution is 2.24. The van der Waals surface area contributed by atoms with Crippen LogP contribution in [0.5, 0.6) is 0 Å². The minimum atomic E-state index is 0.527. The van der Waals surface area contributed by atoms with Crippen LogP contribution in [0.25, 0.3) is 0 Å². The van der Waals surface area contributed by atoms with E-state index in [2.05, 4.69) is 49.8 Å². The number of aromatic nitrogens is 2. The van der Waals surface area contributed by atoms with E-state index in [-0.39, 0.29) is 0 Å². The van der Waals surface area contributed by atoms with Crippen LogP contribution < -0.4 is 15.5 Å². The van der Waals surface area contributed by atoms with E-state index < -0.39 is 0 Å². The van der Waals surface area contributed by atoms with Crippen LogP contribution in [0.1, 0.15) is 44.9 Å². The average Bonchev–Trinajstić information content (AvgIpc) is 3.16. The Morgan fingerprint density at radius 3 is 2.40 bits per heavy atom. The molecule has 5 nitrogen and oxygen atoms in total. The summed E-state index contributed by atoms with van der Waals surface area (Å²) in [5, 5.41) is 6.84. The third kappa shape index (κ3) is 4.21. The second-order valence-corrected chi connectivity index (χ2v) is 7.11. The van der Waals surface area contributed by atoms with Gasteiger partial charge in [-0.25, -0.2) is 4.98 Å². The molecule has 0 amide bonds. The lowest BCUT2D eigenvalue weighted by Gasteiger charge is -2.28. The maximum atomic E-state index is 4.60. The van der Waals surface area contributed by atoms with Crippen molar-refractivity contribution < 1.29 is 0 Å². The van der Waals surface area contributed by atoms with E-state index >= 15 is 0 Å². The van der Waals surface area contributed by atoms with Gasteiger partial charge in [-0.3, -0.25) is 0 Å². The summed E-state index contributed by atoms with van der Waals surface area (Å²) < 4.78 is 0. The number of hydrogen-bond donors (Lipinski definition) is 2. The fraction of sp³-hybridized carbons (Fsp3) is 0.500. The van der Waals surface area contributed by atoms with E-state index in [1.165, 1.54) is 63.7 Å². The first-order chi connectivity index (χ1) is 12.4. The molecule has 0 spiro atoms. The maximum absolute atomic E-state index is 4.60. The Balaban J connectivity index is 1.39. The molecule has 1 aromatic heterocycles. The minimum absolute atomic E-state index is 0.527. The van der Waals surface area contributed by atoms with Crippen molar-refractivity contribution in [2.24, 2.45) is 0 Å². The molecule has 2 aliphatic rings. The first-order valence-corrected chi connectivity index (χ1v) is 9.58. The Kier molecular flexibility index (Phi) is 5.00. The van der Waals surface area contributed by atoms with Gasteiger partial charge in [0.05, 0.1) is 0 Å². The maximum Gasteiger partial charge on any atom is 0.224 e. The third-order valence-electron chi connectivity index (χ3n) is 5.20. The van der Waals surface area contributed by atoms with Gasteiger partial charge >= 0.3 is 0 Å². The lowest BCUT2D eigenvalue weighted by Crippen LogP contribution is -2.29. The van der Waals surface area contributed by atoms with Gasteiger partial charge in [-0.05, 0) is 62.4 Å². The van der Waals surface area contributed by atoms with Crippen LogP contribution in [-0.4, -0.2) is 29.1 Å². The molecule has 0 bridgehead atoms. The lowest BCUT2D eigenvalue weighted by molar-refractivity contribution is 0.578. The van der Waals surface area contributed by atoms with Gasteiger partial charge in [0.25, 0.3) is 0 Å². The van der Waals surface area contributed by atoms with Crippen molar-refractivity contribution in [3.05, 3.63) is 36.5 Å². The summed E-state index contributed by atoms with van der Waals surface area (Å²) in [6.07, 6.45) is 10.8. The molecule has 0 atom stereocenters. The van der Waals surface area contributed by atoms with E-state index in [1.54, 1.807) is 0 Å². The Hall–Kier alpha value is -2.30. The van der Waals surface area contributed by atoms with Crippen LogP contribution >= 0.6 is 0 Å². The molecule has 2 fully saturated rings. The molecular formula is C20H27N5. The third-order valence-corrected chi connectivity index (χ3v) is 5.20. The second-order valence-electron chi connectivity index (χ2n) is 7.11. The predicted octanol–water partition coefficient (Wildman–Crippen LogP) is 4.57. The van der Waals surface area contributed by atoms with Crippen LogP contribution in [-0.2, 0) is 0 Å². The summed E-state index contributed by atoms with van der Waals surface area (Å²) >= 11 is 0. The standard InChI is InChI=1S/C20H27N5/c1-4-14-25(15-5-1)18-10-8-17(9-11-18)22-19-12-13-21-20(24-19)23-16-6-2-3-7-16/h8-13,16H,1-7,14-15H2,(H2,21,22,23,24). The van der Waals surface area contributed by atoms with Gasteiger partial charge in [-0.1, -0.05) is 12.8 Å². The molecular weight excluding hydrogens is 310 g/mol. The van der Waals surface area contributed by atoms with Crippen molar-refractivity contribution in [1.82, 2.24) is 9.97 Å². The van der Waals surface area contributed by atoms with Gasteiger partial charge in [0.1, 0.15) is 5.82 Å². The van der Waals surface area contributed by atoms with Gasteiger partial charge < -0.3 is 15.5 Å². The number of hydrogen-bond acceptors (Lipinski definition) is 5. The van der Waals surface area contributed by atoms with E-state index in [9.17, 15) is 0 Å².